The highest BCUT2D eigenvalue weighted by Gasteiger charge is 1.57. The highest BCUT2D eigenvalue weighted by molar-refractivity contribution is 7.28. The molecule has 0 N–H and O–H groups in total. The summed E-state index contributed by atoms with van der Waals surface area (Å²) in [5.74, 6) is 4.31. The molecule has 0 radical (unpaired) electrons. The lowest BCUT2D eigenvalue weighted by atomic mass is 10.7. The summed E-state index contributed by atoms with van der Waals surface area (Å²) in [4.78, 5) is 0. The monoisotopic (exact) mass is 114 g/mol. The minimum atomic E-state index is 0. The molecule has 1 rings (SSSR count). The van der Waals surface area contributed by atoms with E-state index in [0.717, 1.165) is 8.19 Å². The summed E-state index contributed by atoms with van der Waals surface area (Å²) < 4.78 is 0. The van der Waals surface area contributed by atoms with Crippen molar-refractivity contribution >= 4 is 25.6 Å². The molecule has 0 unspecified atom stereocenters. The molecule has 0 bridgehead atoms. The molecule has 1 heterocycles. The van der Waals surface area contributed by atoms with Crippen molar-refractivity contribution in [1.29, 1.82) is 0 Å². The zero-order chi connectivity index (χ0) is 3.54. The normalized spacial score (nSPS) is 6.67. The van der Waals surface area contributed by atoms with Crippen LogP contribution in [0.2, 0.25) is 0 Å². The molecular formula is C4H8AlP. The van der Waals surface area contributed by atoms with Crippen molar-refractivity contribution in [2.24, 2.45) is 0 Å². The first kappa shape index (κ1) is 6.31. The van der Waals surface area contributed by atoms with E-state index >= 15 is 0 Å². The van der Waals surface area contributed by atoms with Crippen LogP contribution in [0.5, 0.6) is 0 Å². The molecule has 0 nitrogen and oxygen atoms in total. The van der Waals surface area contributed by atoms with Crippen LogP contribution >= 0.6 is 8.19 Å². The van der Waals surface area contributed by atoms with Crippen LogP contribution in [-0.4, -0.2) is 17.4 Å². The average molecular weight is 114 g/mol. The van der Waals surface area contributed by atoms with Gasteiger partial charge in [-0.1, -0.05) is 12.1 Å². The highest BCUT2D eigenvalue weighted by Crippen LogP contribution is 1.99. The van der Waals surface area contributed by atoms with Crippen LogP contribution in [0.1, 0.15) is 0 Å². The van der Waals surface area contributed by atoms with E-state index in [0.29, 0.717) is 0 Å². The van der Waals surface area contributed by atoms with Crippen LogP contribution in [0, 0.1) is 0 Å². The smallest absolute Gasteiger partial charge is 0.140 e. The molecule has 0 atom stereocenters. The molecular weight excluding hydrogens is 106 g/mol. The largest absolute Gasteiger partial charge is 0.187 e. The first-order valence-electron chi connectivity index (χ1n) is 1.58. The minimum absolute atomic E-state index is 0. The van der Waals surface area contributed by atoms with Crippen molar-refractivity contribution in [3.63, 3.8) is 0 Å². The van der Waals surface area contributed by atoms with Crippen molar-refractivity contribution in [3.05, 3.63) is 23.7 Å². The van der Waals surface area contributed by atoms with Crippen molar-refractivity contribution in [3.8, 4) is 0 Å². The fourth-order valence-electron chi connectivity index (χ4n) is 0.278. The predicted octanol–water partition coefficient (Wildman–Crippen LogP) is 0.534. The summed E-state index contributed by atoms with van der Waals surface area (Å²) >= 11 is 0. The standard InChI is InChI=1S/C4H5P.Al.3H/c1-2-4-5-3-1;;;;/h1-5H;;;;. The van der Waals surface area contributed by atoms with E-state index < -0.39 is 0 Å². The van der Waals surface area contributed by atoms with E-state index in [4.69, 9.17) is 0 Å². The van der Waals surface area contributed by atoms with Crippen molar-refractivity contribution in [1.82, 2.24) is 0 Å². The lowest BCUT2D eigenvalue weighted by Crippen LogP contribution is -1.16. The minimum Gasteiger partial charge on any atom is -0.140 e. The van der Waals surface area contributed by atoms with E-state index in [1.807, 2.05) is 0 Å². The van der Waals surface area contributed by atoms with Gasteiger partial charge in [-0.05, 0) is 11.6 Å². The molecule has 0 amide bonds. The fraction of sp³-hybridized carbons (Fsp3) is 0. The second kappa shape index (κ2) is 3.50. The van der Waals surface area contributed by atoms with Gasteiger partial charge in [-0.3, -0.25) is 0 Å². The van der Waals surface area contributed by atoms with Gasteiger partial charge in [0.05, 0.1) is 0 Å². The first-order chi connectivity index (χ1) is 2.50. The van der Waals surface area contributed by atoms with Crippen molar-refractivity contribution in [2.45, 2.75) is 0 Å². The molecule has 0 saturated heterocycles. The molecule has 0 aliphatic rings. The topological polar surface area (TPSA) is 0 Å². The summed E-state index contributed by atoms with van der Waals surface area (Å²) in [6, 6.07) is 4.14. The van der Waals surface area contributed by atoms with E-state index in [2.05, 4.69) is 23.7 Å². The number of hydrogen-bond acceptors (Lipinski definition) is 0. The molecule has 0 aliphatic heterocycles. The van der Waals surface area contributed by atoms with Crippen LogP contribution in [-0.2, 0) is 0 Å². The number of hydrogen-bond donors (Lipinski definition) is 0. The summed E-state index contributed by atoms with van der Waals surface area (Å²) in [7, 11) is 0.948. The van der Waals surface area contributed by atoms with Gasteiger partial charge < -0.3 is 0 Å². The van der Waals surface area contributed by atoms with Gasteiger partial charge >= 0.3 is 0 Å². The molecule has 0 spiro atoms. The Labute approximate surface area is 49.8 Å². The Morgan fingerprint density at radius 3 is 1.67 bits per heavy atom. The second-order valence-electron chi connectivity index (χ2n) is 0.885. The maximum absolute atomic E-state index is 2.15. The van der Waals surface area contributed by atoms with E-state index in [1.54, 1.807) is 0 Å². The van der Waals surface area contributed by atoms with Crippen LogP contribution in [0.25, 0.3) is 0 Å². The van der Waals surface area contributed by atoms with Gasteiger partial charge in [-0.25, -0.2) is 0 Å². The number of rotatable bonds is 0. The Morgan fingerprint density at radius 2 is 1.50 bits per heavy atom. The Kier molecular flexibility index (Phi) is 3.68. The van der Waals surface area contributed by atoms with E-state index in [-0.39, 0.29) is 17.4 Å². The Bertz CT molecular complexity index is 64.0. The maximum atomic E-state index is 2.15. The molecule has 0 saturated carbocycles. The van der Waals surface area contributed by atoms with Gasteiger partial charge in [0, 0.05) is 0 Å². The molecule has 6 heavy (non-hydrogen) atoms. The first-order valence-corrected chi connectivity index (χ1v) is 2.73. The third-order valence-corrected chi connectivity index (χ3v) is 1.27. The van der Waals surface area contributed by atoms with Crippen LogP contribution in [0.4, 0.5) is 0 Å². The third kappa shape index (κ3) is 1.68. The third-order valence-electron chi connectivity index (χ3n) is 0.496. The summed E-state index contributed by atoms with van der Waals surface area (Å²) in [5.41, 5.74) is 0. The zero-order valence-corrected chi connectivity index (χ0v) is 3.81. The summed E-state index contributed by atoms with van der Waals surface area (Å²) in [5, 5.41) is 0. The van der Waals surface area contributed by atoms with E-state index in [9.17, 15) is 0 Å². The van der Waals surface area contributed by atoms with Gasteiger partial charge in [-0.2, -0.15) is 0 Å². The average Bonchev–Trinajstić information content (AvgIpc) is 1.76. The summed E-state index contributed by atoms with van der Waals surface area (Å²) in [6.07, 6.45) is 0. The Balaban J connectivity index is 0.000000250. The highest BCUT2D eigenvalue weighted by atomic mass is 31.0. The van der Waals surface area contributed by atoms with Gasteiger partial charge in [0.15, 0.2) is 17.4 Å². The molecule has 2 heteroatoms. The molecule has 0 aromatic carbocycles. The second-order valence-corrected chi connectivity index (χ2v) is 1.88. The summed E-state index contributed by atoms with van der Waals surface area (Å²) in [6.45, 7) is 0. The van der Waals surface area contributed by atoms with E-state index in [1.165, 1.54) is 0 Å². The quantitative estimate of drug-likeness (QED) is 0.432. The Morgan fingerprint density at radius 1 is 1.00 bits per heavy atom. The molecule has 0 fully saturated rings. The van der Waals surface area contributed by atoms with Gasteiger partial charge in [-0.15, -0.1) is 8.19 Å². The van der Waals surface area contributed by atoms with Gasteiger partial charge in [0.2, 0.25) is 0 Å². The Hall–Kier alpha value is 0.312. The van der Waals surface area contributed by atoms with Gasteiger partial charge in [0.25, 0.3) is 0 Å². The van der Waals surface area contributed by atoms with Crippen molar-refractivity contribution in [2.75, 3.05) is 0 Å². The van der Waals surface area contributed by atoms with Crippen LogP contribution < -0.4 is 0 Å². The zero-order valence-electron chi connectivity index (χ0n) is 2.81. The van der Waals surface area contributed by atoms with Crippen molar-refractivity contribution < 1.29 is 0 Å². The lowest BCUT2D eigenvalue weighted by Gasteiger charge is -1.41. The molecule has 1 aromatic rings. The fourth-order valence-corrected chi connectivity index (χ4v) is 0.833. The maximum Gasteiger partial charge on any atom is 0.187 e. The molecule has 1 aromatic heterocycles. The van der Waals surface area contributed by atoms with Gasteiger partial charge in [0.1, 0.15) is 0 Å². The SMILES string of the molecule is [AlH3].c1cc[pH]c1. The van der Waals surface area contributed by atoms with Crippen LogP contribution in [0.3, 0.4) is 0 Å². The molecule has 32 valence electrons. The van der Waals surface area contributed by atoms with Crippen LogP contribution in [0.15, 0.2) is 23.7 Å². The predicted molar refractivity (Wildman–Crippen MR) is 35.9 cm³/mol. The lowest BCUT2D eigenvalue weighted by molar-refractivity contribution is 2.03. The molecule has 0 aliphatic carbocycles.